The first-order valence-electron chi connectivity index (χ1n) is 8.57. The smallest absolute Gasteiger partial charge is 1.00 e. The summed E-state index contributed by atoms with van der Waals surface area (Å²) in [6.45, 7) is 2.22. The minimum atomic E-state index is -3.73. The van der Waals surface area contributed by atoms with Crippen LogP contribution in [0, 0.1) is 0 Å². The van der Waals surface area contributed by atoms with E-state index < -0.39 is 22.1 Å². The Hall–Kier alpha value is 0.850. The van der Waals surface area contributed by atoms with Crippen LogP contribution >= 0.6 is 0 Å². The van der Waals surface area contributed by atoms with E-state index in [-0.39, 0.29) is 80.6 Å². The van der Waals surface area contributed by atoms with Gasteiger partial charge in [0.1, 0.15) is 0 Å². The van der Waals surface area contributed by atoms with Gasteiger partial charge in [0.05, 0.1) is 18.6 Å². The van der Waals surface area contributed by atoms with Gasteiger partial charge in [-0.2, -0.15) is 8.42 Å². The standard InChI is InChI=1S/C12H26O3S.C4H6O4.2Na.2H/c1-2-3-4-5-6-7-8-9-10-11-12-16(13,14)15;5-3(6)1-2-4(7)8;;;;/h2-12H2,1H3,(H,13,14,15);1-2H2,(H,5,6)(H,7,8);;;;/q;;2*+1;2*-1. The van der Waals surface area contributed by atoms with Crippen molar-refractivity contribution in [3.05, 3.63) is 0 Å². The maximum atomic E-state index is 10.4. The minimum absolute atomic E-state index is 0. The molecule has 0 aliphatic rings. The van der Waals surface area contributed by atoms with Crippen LogP contribution in [-0.4, -0.2) is 40.9 Å². The van der Waals surface area contributed by atoms with Crippen LogP contribution in [0.3, 0.4) is 0 Å². The molecule has 0 heterocycles. The normalized spacial score (nSPS) is 9.92. The van der Waals surface area contributed by atoms with Crippen LogP contribution in [0.15, 0.2) is 0 Å². The second-order valence-corrected chi connectivity index (χ2v) is 7.33. The van der Waals surface area contributed by atoms with E-state index in [1.54, 1.807) is 0 Å². The first-order valence-corrected chi connectivity index (χ1v) is 10.2. The third kappa shape index (κ3) is 39.8. The molecule has 3 N–H and O–H groups in total. The van der Waals surface area contributed by atoms with Crippen LogP contribution < -0.4 is 59.1 Å². The van der Waals surface area contributed by atoms with Gasteiger partial charge in [-0.3, -0.25) is 14.1 Å². The molecule has 0 bridgehead atoms. The third-order valence-electron chi connectivity index (χ3n) is 3.31. The topological polar surface area (TPSA) is 129 Å². The van der Waals surface area contributed by atoms with Crippen molar-refractivity contribution in [2.24, 2.45) is 0 Å². The number of carboxylic acid groups (broad SMARTS) is 2. The van der Waals surface area contributed by atoms with Crippen molar-refractivity contribution in [3.63, 3.8) is 0 Å². The maximum Gasteiger partial charge on any atom is 1.00 e. The van der Waals surface area contributed by atoms with E-state index in [1.807, 2.05) is 0 Å². The predicted molar refractivity (Wildman–Crippen MR) is 95.0 cm³/mol. The van der Waals surface area contributed by atoms with Gasteiger partial charge in [0, 0.05) is 0 Å². The minimum Gasteiger partial charge on any atom is -1.00 e. The monoisotopic (exact) mass is 416 g/mol. The Balaban J connectivity index is -0.0000000880. The molecule has 0 unspecified atom stereocenters. The van der Waals surface area contributed by atoms with E-state index in [0.29, 0.717) is 6.42 Å². The fourth-order valence-electron chi connectivity index (χ4n) is 1.99. The summed E-state index contributed by atoms with van der Waals surface area (Å²) in [6.07, 6.45) is 11.1. The molecular formula is C16H34Na2O7S. The van der Waals surface area contributed by atoms with Gasteiger partial charge >= 0.3 is 71.1 Å². The molecule has 7 nitrogen and oxygen atoms in total. The Labute approximate surface area is 205 Å². The molecule has 0 atom stereocenters. The molecular weight excluding hydrogens is 382 g/mol. The number of carboxylic acids is 2. The van der Waals surface area contributed by atoms with Gasteiger partial charge in [0.2, 0.25) is 0 Å². The SMILES string of the molecule is CCCCCCCCCCCCS(=O)(=O)O.O=C(O)CCC(=O)O.[H-].[H-].[Na+].[Na+]. The second-order valence-electron chi connectivity index (χ2n) is 5.76. The molecule has 0 saturated carbocycles. The first kappa shape index (κ1) is 34.4. The summed E-state index contributed by atoms with van der Waals surface area (Å²) in [7, 11) is -3.73. The fraction of sp³-hybridized carbons (Fsp3) is 0.875. The quantitative estimate of drug-likeness (QED) is 0.169. The first-order chi connectivity index (χ1) is 11.2. The summed E-state index contributed by atoms with van der Waals surface area (Å²) in [6, 6.07) is 0. The van der Waals surface area contributed by atoms with E-state index in [1.165, 1.54) is 44.9 Å². The molecule has 148 valence electrons. The van der Waals surface area contributed by atoms with Crippen LogP contribution in [0.25, 0.3) is 0 Å². The van der Waals surface area contributed by atoms with Gasteiger partial charge in [-0.1, -0.05) is 64.7 Å². The molecule has 0 saturated heterocycles. The van der Waals surface area contributed by atoms with Crippen molar-refractivity contribution >= 4 is 22.1 Å². The Morgan fingerprint density at radius 3 is 1.31 bits per heavy atom. The number of rotatable bonds is 14. The van der Waals surface area contributed by atoms with Crippen LogP contribution in [0.2, 0.25) is 0 Å². The molecule has 10 heteroatoms. The number of hydrogen-bond donors (Lipinski definition) is 3. The van der Waals surface area contributed by atoms with E-state index in [2.05, 4.69) is 6.92 Å². The van der Waals surface area contributed by atoms with E-state index in [0.717, 1.165) is 12.8 Å². The summed E-state index contributed by atoms with van der Waals surface area (Å²) in [4.78, 5) is 19.3. The Morgan fingerprint density at radius 2 is 1.04 bits per heavy atom. The molecule has 0 spiro atoms. The van der Waals surface area contributed by atoms with Crippen LogP contribution in [0.1, 0.15) is 86.8 Å². The molecule has 0 fully saturated rings. The maximum absolute atomic E-state index is 10.4. The van der Waals surface area contributed by atoms with Gasteiger partial charge in [-0.25, -0.2) is 0 Å². The van der Waals surface area contributed by atoms with Gasteiger partial charge in [0.15, 0.2) is 0 Å². The van der Waals surface area contributed by atoms with Crippen molar-refractivity contribution in [2.75, 3.05) is 5.75 Å². The second kappa shape index (κ2) is 23.9. The number of aliphatic carboxylic acids is 2. The molecule has 0 aromatic carbocycles. The Bertz CT molecular complexity index is 425. The van der Waals surface area contributed by atoms with Crippen molar-refractivity contribution in [3.8, 4) is 0 Å². The molecule has 0 rings (SSSR count). The third-order valence-corrected chi connectivity index (χ3v) is 4.11. The average molecular weight is 416 g/mol. The molecule has 0 aliphatic carbocycles. The average Bonchev–Trinajstić information content (AvgIpc) is 2.46. The van der Waals surface area contributed by atoms with Gasteiger partial charge in [0.25, 0.3) is 10.1 Å². The summed E-state index contributed by atoms with van der Waals surface area (Å²) >= 11 is 0. The molecule has 0 aromatic rings. The number of carbonyl (C=O) groups is 2. The van der Waals surface area contributed by atoms with Crippen molar-refractivity contribution in [1.29, 1.82) is 0 Å². The molecule has 26 heavy (non-hydrogen) atoms. The van der Waals surface area contributed by atoms with Crippen LogP contribution in [-0.2, 0) is 19.7 Å². The summed E-state index contributed by atoms with van der Waals surface area (Å²) < 4.78 is 29.4. The Kier molecular flexibility index (Phi) is 31.6. The molecule has 0 amide bonds. The van der Waals surface area contributed by atoms with E-state index in [9.17, 15) is 18.0 Å². The zero-order valence-electron chi connectivity index (χ0n) is 18.6. The molecule has 0 radical (unpaired) electrons. The zero-order chi connectivity index (χ0) is 18.8. The number of unbranched alkanes of at least 4 members (excludes halogenated alkanes) is 9. The van der Waals surface area contributed by atoms with Crippen molar-refractivity contribution < 1.29 is 94.7 Å². The summed E-state index contributed by atoms with van der Waals surface area (Å²) in [5.41, 5.74) is 0. The van der Waals surface area contributed by atoms with Gasteiger partial charge < -0.3 is 13.1 Å². The zero-order valence-corrected chi connectivity index (χ0v) is 21.4. The summed E-state index contributed by atoms with van der Waals surface area (Å²) in [5, 5.41) is 15.8. The van der Waals surface area contributed by atoms with Gasteiger partial charge in [-0.05, 0) is 6.42 Å². The molecule has 0 aliphatic heterocycles. The van der Waals surface area contributed by atoms with Crippen molar-refractivity contribution in [2.45, 2.75) is 84.0 Å². The Morgan fingerprint density at radius 1 is 0.731 bits per heavy atom. The molecule has 0 aromatic heterocycles. The van der Waals surface area contributed by atoms with Crippen molar-refractivity contribution in [1.82, 2.24) is 0 Å². The van der Waals surface area contributed by atoms with E-state index in [4.69, 9.17) is 14.8 Å². The van der Waals surface area contributed by atoms with Crippen LogP contribution in [0.4, 0.5) is 0 Å². The van der Waals surface area contributed by atoms with Crippen LogP contribution in [0.5, 0.6) is 0 Å². The van der Waals surface area contributed by atoms with Gasteiger partial charge in [-0.15, -0.1) is 0 Å². The summed E-state index contributed by atoms with van der Waals surface area (Å²) in [5.74, 6) is -2.23. The predicted octanol–water partition coefficient (Wildman–Crippen LogP) is -2.04. The van der Waals surface area contributed by atoms with E-state index >= 15 is 0 Å². The fourth-order valence-corrected chi connectivity index (χ4v) is 2.55. The largest absolute Gasteiger partial charge is 1.00 e. The number of hydrogen-bond acceptors (Lipinski definition) is 4.